The number of carbonyl (C=O) groups is 2. The minimum absolute atomic E-state index is 0.335. The molecule has 0 saturated heterocycles. The number of anilines is 2. The van der Waals surface area contributed by atoms with Gasteiger partial charge in [-0.25, -0.2) is 9.97 Å². The lowest BCUT2D eigenvalue weighted by molar-refractivity contribution is -0.106. The molecule has 0 aliphatic carbocycles. The fraction of sp³-hybridized carbons (Fsp3) is 0. The fourth-order valence-electron chi connectivity index (χ4n) is 0.598. The molecule has 12 heavy (non-hydrogen) atoms. The van der Waals surface area contributed by atoms with Crippen LogP contribution in [0.15, 0.2) is 12.4 Å². The van der Waals surface area contributed by atoms with Crippen molar-refractivity contribution in [3.05, 3.63) is 12.4 Å². The van der Waals surface area contributed by atoms with Crippen LogP contribution in [0.25, 0.3) is 0 Å². The van der Waals surface area contributed by atoms with Crippen molar-refractivity contribution >= 4 is 24.5 Å². The summed E-state index contributed by atoms with van der Waals surface area (Å²) in [4.78, 5) is 27.4. The highest BCUT2D eigenvalue weighted by Crippen LogP contribution is 2.02. The second-order valence-electron chi connectivity index (χ2n) is 1.81. The van der Waals surface area contributed by atoms with Gasteiger partial charge in [-0.15, -0.1) is 0 Å². The molecule has 62 valence electrons. The molecule has 1 aromatic heterocycles. The van der Waals surface area contributed by atoms with Crippen molar-refractivity contribution in [2.75, 3.05) is 10.6 Å². The molecule has 1 aromatic rings. The van der Waals surface area contributed by atoms with Crippen LogP contribution in [0.1, 0.15) is 0 Å². The molecule has 0 fully saturated rings. The molecule has 0 spiro atoms. The Balaban J connectivity index is 2.70. The number of hydrogen-bond acceptors (Lipinski definition) is 4. The molecule has 0 saturated carbocycles. The number of amides is 2. The minimum atomic E-state index is 0.335. The van der Waals surface area contributed by atoms with E-state index in [1.54, 1.807) is 0 Å². The van der Waals surface area contributed by atoms with E-state index in [0.29, 0.717) is 24.5 Å². The predicted molar refractivity (Wildman–Crippen MR) is 41.4 cm³/mol. The Morgan fingerprint density at radius 1 is 1.00 bits per heavy atom. The largest absolute Gasteiger partial charge is 0.312 e. The molecule has 0 aromatic carbocycles. The summed E-state index contributed by atoms with van der Waals surface area (Å²) in [6.45, 7) is 0. The van der Waals surface area contributed by atoms with E-state index in [9.17, 15) is 9.59 Å². The zero-order chi connectivity index (χ0) is 8.81. The van der Waals surface area contributed by atoms with E-state index in [0.717, 1.165) is 0 Å². The van der Waals surface area contributed by atoms with Crippen LogP contribution in [0.3, 0.4) is 0 Å². The second kappa shape index (κ2) is 4.02. The van der Waals surface area contributed by atoms with E-state index in [1.165, 1.54) is 12.4 Å². The van der Waals surface area contributed by atoms with Crippen LogP contribution in [0, 0.1) is 0 Å². The molecule has 2 N–H and O–H groups in total. The number of nitrogens with zero attached hydrogens (tertiary/aromatic N) is 2. The van der Waals surface area contributed by atoms with Gasteiger partial charge in [0.1, 0.15) is 0 Å². The van der Waals surface area contributed by atoms with Gasteiger partial charge in [-0.05, 0) is 0 Å². The van der Waals surface area contributed by atoms with Crippen molar-refractivity contribution in [3.63, 3.8) is 0 Å². The van der Waals surface area contributed by atoms with Gasteiger partial charge in [0.15, 0.2) is 11.6 Å². The monoisotopic (exact) mass is 166 g/mol. The molecule has 6 nitrogen and oxygen atoms in total. The van der Waals surface area contributed by atoms with E-state index < -0.39 is 0 Å². The van der Waals surface area contributed by atoms with Gasteiger partial charge in [-0.1, -0.05) is 0 Å². The molecule has 0 radical (unpaired) electrons. The number of rotatable bonds is 4. The zero-order valence-electron chi connectivity index (χ0n) is 6.02. The molecule has 0 bridgehead atoms. The first-order chi connectivity index (χ1) is 5.86. The molecule has 1 rings (SSSR count). The lowest BCUT2D eigenvalue weighted by Crippen LogP contribution is -2.01. The van der Waals surface area contributed by atoms with Gasteiger partial charge in [0.05, 0.1) is 12.4 Å². The Morgan fingerprint density at radius 2 is 1.42 bits per heavy atom. The van der Waals surface area contributed by atoms with Crippen molar-refractivity contribution in [1.82, 2.24) is 9.97 Å². The lowest BCUT2D eigenvalue weighted by atomic mass is 10.6. The molecule has 0 atom stereocenters. The quantitative estimate of drug-likeness (QED) is 0.597. The van der Waals surface area contributed by atoms with Gasteiger partial charge in [0.2, 0.25) is 12.8 Å². The van der Waals surface area contributed by atoms with Crippen LogP contribution in [0.4, 0.5) is 11.6 Å². The first-order valence-corrected chi connectivity index (χ1v) is 3.09. The smallest absolute Gasteiger partial charge is 0.212 e. The summed E-state index contributed by atoms with van der Waals surface area (Å²) in [6.07, 6.45) is 3.66. The van der Waals surface area contributed by atoms with Gasteiger partial charge >= 0.3 is 0 Å². The van der Waals surface area contributed by atoms with E-state index >= 15 is 0 Å². The molecule has 2 amide bonds. The van der Waals surface area contributed by atoms with E-state index in [-0.39, 0.29) is 0 Å². The molecule has 0 aliphatic heterocycles. The summed E-state index contributed by atoms with van der Waals surface area (Å²) in [5.74, 6) is 0.669. The summed E-state index contributed by atoms with van der Waals surface area (Å²) in [5, 5.41) is 4.61. The van der Waals surface area contributed by atoms with Crippen molar-refractivity contribution in [2.24, 2.45) is 0 Å². The SMILES string of the molecule is O=CNc1cnc(NC=O)cn1. The van der Waals surface area contributed by atoms with Gasteiger partial charge in [0.25, 0.3) is 0 Å². The number of nitrogens with one attached hydrogen (secondary N) is 2. The van der Waals surface area contributed by atoms with Crippen LogP contribution < -0.4 is 10.6 Å². The summed E-state index contributed by atoms with van der Waals surface area (Å²) in [6, 6.07) is 0. The highest BCUT2D eigenvalue weighted by molar-refractivity contribution is 5.70. The second-order valence-corrected chi connectivity index (χ2v) is 1.81. The maximum Gasteiger partial charge on any atom is 0.212 e. The topological polar surface area (TPSA) is 84.0 Å². The van der Waals surface area contributed by atoms with Crippen LogP contribution in [0.5, 0.6) is 0 Å². The summed E-state index contributed by atoms with van der Waals surface area (Å²) in [5.41, 5.74) is 0. The third kappa shape index (κ3) is 2.01. The van der Waals surface area contributed by atoms with Crippen LogP contribution in [-0.2, 0) is 9.59 Å². The average molecular weight is 166 g/mol. The fourth-order valence-corrected chi connectivity index (χ4v) is 0.598. The maximum atomic E-state index is 9.93. The van der Waals surface area contributed by atoms with Crippen molar-refractivity contribution in [3.8, 4) is 0 Å². The predicted octanol–water partition coefficient (Wildman–Crippen LogP) is -0.387. The Hall–Kier alpha value is -1.98. The number of aromatic nitrogens is 2. The van der Waals surface area contributed by atoms with Crippen molar-refractivity contribution in [2.45, 2.75) is 0 Å². The first kappa shape index (κ1) is 8.12. The number of carbonyl (C=O) groups excluding carboxylic acids is 2. The van der Waals surface area contributed by atoms with Crippen molar-refractivity contribution in [1.29, 1.82) is 0 Å². The first-order valence-electron chi connectivity index (χ1n) is 3.09. The van der Waals surface area contributed by atoms with Gasteiger partial charge in [-0.2, -0.15) is 0 Å². The van der Waals surface area contributed by atoms with Crippen LogP contribution in [0.2, 0.25) is 0 Å². The lowest BCUT2D eigenvalue weighted by Gasteiger charge is -1.97. The Labute approximate surface area is 68.0 Å². The summed E-state index contributed by atoms with van der Waals surface area (Å²) >= 11 is 0. The third-order valence-electron chi connectivity index (χ3n) is 1.07. The third-order valence-corrected chi connectivity index (χ3v) is 1.07. The number of hydrogen-bond donors (Lipinski definition) is 2. The van der Waals surface area contributed by atoms with Crippen molar-refractivity contribution < 1.29 is 9.59 Å². The van der Waals surface area contributed by atoms with E-state index in [2.05, 4.69) is 20.6 Å². The normalized spacial score (nSPS) is 8.67. The Kier molecular flexibility index (Phi) is 2.72. The molecule has 0 unspecified atom stereocenters. The maximum absolute atomic E-state index is 9.93. The molecule has 6 heteroatoms. The Bertz CT molecular complexity index is 242. The average Bonchev–Trinajstić information content (AvgIpc) is 2.09. The molecular formula is C6H6N4O2. The van der Waals surface area contributed by atoms with E-state index in [4.69, 9.17) is 0 Å². The highest BCUT2D eigenvalue weighted by Gasteiger charge is 1.93. The molecule has 1 heterocycles. The summed E-state index contributed by atoms with van der Waals surface area (Å²) < 4.78 is 0. The van der Waals surface area contributed by atoms with Gasteiger partial charge in [0, 0.05) is 0 Å². The van der Waals surface area contributed by atoms with Crippen LogP contribution >= 0.6 is 0 Å². The van der Waals surface area contributed by atoms with Crippen LogP contribution in [-0.4, -0.2) is 22.8 Å². The standard InChI is InChI=1S/C6H6N4O2/c11-3-9-5-1-7-6(2-8-5)10-4-12/h1-4H,(H,7,10,12)(H,8,9,11). The van der Waals surface area contributed by atoms with E-state index in [1.807, 2.05) is 0 Å². The molecule has 0 aliphatic rings. The highest BCUT2D eigenvalue weighted by atomic mass is 16.1. The van der Waals surface area contributed by atoms with Gasteiger partial charge in [-0.3, -0.25) is 9.59 Å². The zero-order valence-corrected chi connectivity index (χ0v) is 6.02. The van der Waals surface area contributed by atoms with Gasteiger partial charge < -0.3 is 10.6 Å². The summed E-state index contributed by atoms with van der Waals surface area (Å²) in [7, 11) is 0. The Morgan fingerprint density at radius 3 is 1.67 bits per heavy atom. The molecular weight excluding hydrogens is 160 g/mol. The minimum Gasteiger partial charge on any atom is -0.312 e.